The Morgan fingerprint density at radius 1 is 1.03 bits per heavy atom. The Labute approximate surface area is 414 Å². The van der Waals surface area contributed by atoms with Crippen molar-refractivity contribution in [3.05, 3.63) is 117 Å². The maximum absolute atomic E-state index is 14.0. The fraction of sp³-hybridized carbons (Fsp3) is 0.440. The second-order valence-corrected chi connectivity index (χ2v) is 21.6. The Kier molecular flexibility index (Phi) is 14.7. The van der Waals surface area contributed by atoms with Crippen LogP contribution in [0.25, 0.3) is 16.6 Å². The van der Waals surface area contributed by atoms with Crippen molar-refractivity contribution in [2.75, 3.05) is 82.6 Å². The second kappa shape index (κ2) is 20.8. The summed E-state index contributed by atoms with van der Waals surface area (Å²) < 4.78 is 88.0. The molecule has 0 bridgehead atoms. The van der Waals surface area contributed by atoms with Crippen LogP contribution in [0.2, 0.25) is 5.02 Å². The van der Waals surface area contributed by atoms with Gasteiger partial charge in [-0.1, -0.05) is 37.1 Å². The number of nitrogens with zero attached hydrogens (tertiary/aromatic N) is 5. The zero-order valence-electron chi connectivity index (χ0n) is 39.4. The van der Waals surface area contributed by atoms with Gasteiger partial charge in [-0.25, -0.2) is 18.1 Å². The third-order valence-electron chi connectivity index (χ3n) is 13.9. The molecule has 2 aromatic heterocycles. The highest BCUT2D eigenvalue weighted by atomic mass is 35.5. The van der Waals surface area contributed by atoms with Crippen LogP contribution in [-0.2, 0) is 25.7 Å². The molecule has 4 aliphatic rings. The third-order valence-corrected chi connectivity index (χ3v) is 15.5. The number of nitro groups is 1. The van der Waals surface area contributed by atoms with Gasteiger partial charge < -0.3 is 29.4 Å². The van der Waals surface area contributed by atoms with Crippen LogP contribution in [0, 0.1) is 21.4 Å². The third kappa shape index (κ3) is 11.8. The molecule has 5 heterocycles. The summed E-state index contributed by atoms with van der Waals surface area (Å²) >= 11 is 6.55. The zero-order valence-corrected chi connectivity index (χ0v) is 41.0. The fourth-order valence-corrected chi connectivity index (χ4v) is 11.2. The molecule has 71 heavy (non-hydrogen) atoms. The van der Waals surface area contributed by atoms with Crippen molar-refractivity contribution in [2.24, 2.45) is 11.3 Å². The summed E-state index contributed by atoms with van der Waals surface area (Å²) in [5.41, 5.74) is 2.81. The lowest BCUT2D eigenvalue weighted by molar-refractivity contribution is -0.384. The number of hydrogen-bond donors (Lipinski definition) is 3. The molecule has 9 rings (SSSR count). The Balaban J connectivity index is 0.905. The summed E-state index contributed by atoms with van der Waals surface area (Å²) in [6.07, 6.45) is 2.91. The highest BCUT2D eigenvalue weighted by molar-refractivity contribution is 7.90. The standard InChI is InChI=1S/C50H56ClF3N8O8S/c1-49(2)13-9-34(42(25-49)40-6-3-35(22-43(40)51)50(52,53)54)29-59-15-17-60(18-16-59)37-4-7-41(46(23-37)70-38-21-33-10-14-55-47(33)57-27-38)48(63)58-71(66,67)39-5-8-44(45(24-39)62(64)65)56-26-32-28-61(31-69-30-32)36-11-19-68-20-12-36/h3-8,10,14,21-24,27,32,36,56H,9,11-13,15-20,25-26,28-31H2,1-2H3,(H,55,57)(H,58,63). The van der Waals surface area contributed by atoms with Crippen molar-refractivity contribution < 1.29 is 45.5 Å². The van der Waals surface area contributed by atoms with E-state index in [4.69, 9.17) is 25.8 Å². The lowest BCUT2D eigenvalue weighted by Gasteiger charge is -2.39. The molecule has 3 fully saturated rings. The van der Waals surface area contributed by atoms with E-state index in [0.717, 1.165) is 67.0 Å². The normalized spacial score (nSPS) is 19.7. The number of ether oxygens (including phenoxy) is 3. The lowest BCUT2D eigenvalue weighted by Crippen LogP contribution is -2.48. The molecule has 0 saturated carbocycles. The minimum atomic E-state index is -4.65. The molecular formula is C50H56ClF3N8O8S. The number of halogens is 4. The monoisotopic (exact) mass is 1020 g/mol. The molecule has 1 unspecified atom stereocenters. The molecule has 1 amide bonds. The predicted octanol–water partition coefficient (Wildman–Crippen LogP) is 9.34. The first-order valence-corrected chi connectivity index (χ1v) is 25.5. The Bertz CT molecular complexity index is 2940. The summed E-state index contributed by atoms with van der Waals surface area (Å²) in [4.78, 5) is 39.3. The molecule has 3 aromatic carbocycles. The number of nitro benzene ring substituents is 1. The molecule has 378 valence electrons. The summed E-state index contributed by atoms with van der Waals surface area (Å²) in [6, 6.07) is 15.8. The summed E-state index contributed by atoms with van der Waals surface area (Å²) in [6.45, 7) is 10.8. The summed E-state index contributed by atoms with van der Waals surface area (Å²) in [5.74, 6) is -0.649. The molecule has 21 heteroatoms. The predicted molar refractivity (Wildman–Crippen MR) is 263 cm³/mol. The van der Waals surface area contributed by atoms with Gasteiger partial charge in [-0.05, 0) is 97.2 Å². The number of amides is 1. The van der Waals surface area contributed by atoms with Gasteiger partial charge in [-0.3, -0.25) is 24.7 Å². The van der Waals surface area contributed by atoms with Gasteiger partial charge in [-0.15, -0.1) is 0 Å². The number of carbonyl (C=O) groups is 1. The van der Waals surface area contributed by atoms with Gasteiger partial charge in [0.25, 0.3) is 21.6 Å². The van der Waals surface area contributed by atoms with Gasteiger partial charge >= 0.3 is 6.18 Å². The number of rotatable bonds is 14. The molecule has 1 atom stereocenters. The Morgan fingerprint density at radius 3 is 2.56 bits per heavy atom. The average molecular weight is 1020 g/mol. The first kappa shape index (κ1) is 50.2. The number of allylic oxidation sites excluding steroid dienone is 1. The van der Waals surface area contributed by atoms with E-state index in [9.17, 15) is 36.5 Å². The average Bonchev–Trinajstić information content (AvgIpc) is 3.82. The SMILES string of the molecule is CC1(C)CCC(CN2CCN(c3ccc(C(=O)NS(=O)(=O)c4ccc(NCC5COCN(C6CCOCC6)C5)c([N+](=O)[O-])c4)c(Oc4cnc5[nH]ccc5c4)c3)CC2)=C(c2ccc(C(F)(F)F)cc2Cl)C1. The van der Waals surface area contributed by atoms with E-state index in [1.54, 1.807) is 24.4 Å². The van der Waals surface area contributed by atoms with E-state index in [1.165, 1.54) is 30.5 Å². The molecular weight excluding hydrogens is 965 g/mol. The van der Waals surface area contributed by atoms with Gasteiger partial charge in [0.2, 0.25) is 0 Å². The molecule has 16 nitrogen and oxygen atoms in total. The minimum absolute atomic E-state index is 0.0272. The first-order chi connectivity index (χ1) is 33.9. The van der Waals surface area contributed by atoms with Crippen LogP contribution in [0.3, 0.4) is 0 Å². The van der Waals surface area contributed by atoms with E-state index in [2.05, 4.69) is 48.6 Å². The highest BCUT2D eigenvalue weighted by Crippen LogP contribution is 2.46. The number of aromatic nitrogens is 2. The molecule has 3 saturated heterocycles. The maximum atomic E-state index is 14.0. The van der Waals surface area contributed by atoms with Crippen molar-refractivity contribution in [1.82, 2.24) is 24.5 Å². The number of hydrogen-bond acceptors (Lipinski definition) is 13. The number of benzene rings is 3. The minimum Gasteiger partial charge on any atom is -0.455 e. The van der Waals surface area contributed by atoms with Crippen molar-refractivity contribution >= 4 is 61.2 Å². The summed E-state index contributed by atoms with van der Waals surface area (Å²) in [5, 5.41) is 16.3. The molecule has 0 spiro atoms. The zero-order chi connectivity index (χ0) is 50.1. The Hall–Kier alpha value is -5.77. The molecule has 1 aliphatic carbocycles. The second-order valence-electron chi connectivity index (χ2n) is 19.5. The van der Waals surface area contributed by atoms with Crippen LogP contribution in [0.4, 0.5) is 30.2 Å². The van der Waals surface area contributed by atoms with Gasteiger partial charge in [0.1, 0.15) is 22.8 Å². The molecule has 3 N–H and O–H groups in total. The van der Waals surface area contributed by atoms with E-state index < -0.39 is 43.2 Å². The van der Waals surface area contributed by atoms with Crippen LogP contribution in [-0.4, -0.2) is 117 Å². The van der Waals surface area contributed by atoms with Crippen molar-refractivity contribution in [3.63, 3.8) is 0 Å². The topological polar surface area (TPSA) is 184 Å². The number of carbonyl (C=O) groups excluding carboxylic acids is 1. The number of alkyl halides is 3. The number of sulfonamides is 1. The van der Waals surface area contributed by atoms with Gasteiger partial charge in [0.05, 0.1) is 40.5 Å². The molecule has 5 aromatic rings. The van der Waals surface area contributed by atoms with Gasteiger partial charge in [-0.2, -0.15) is 13.2 Å². The van der Waals surface area contributed by atoms with Crippen molar-refractivity contribution in [2.45, 2.75) is 63.1 Å². The Morgan fingerprint density at radius 2 is 1.82 bits per heavy atom. The van der Waals surface area contributed by atoms with Crippen LogP contribution in [0.15, 0.2) is 89.6 Å². The summed E-state index contributed by atoms with van der Waals surface area (Å²) in [7, 11) is -4.65. The van der Waals surface area contributed by atoms with E-state index in [0.29, 0.717) is 101 Å². The number of aromatic amines is 1. The van der Waals surface area contributed by atoms with E-state index >= 15 is 0 Å². The van der Waals surface area contributed by atoms with Crippen LogP contribution >= 0.6 is 11.6 Å². The number of nitrogens with one attached hydrogen (secondary N) is 3. The van der Waals surface area contributed by atoms with E-state index in [1.807, 2.05) is 6.07 Å². The number of fused-ring (bicyclic) bond motifs is 1. The van der Waals surface area contributed by atoms with Crippen molar-refractivity contribution in [3.8, 4) is 11.5 Å². The highest BCUT2D eigenvalue weighted by Gasteiger charge is 2.35. The number of pyridine rings is 1. The van der Waals surface area contributed by atoms with Gasteiger partial charge in [0.15, 0.2) is 0 Å². The number of piperazine rings is 1. The lowest BCUT2D eigenvalue weighted by atomic mass is 9.72. The van der Waals surface area contributed by atoms with Crippen LogP contribution in [0.5, 0.6) is 11.5 Å². The van der Waals surface area contributed by atoms with Crippen LogP contribution < -0.4 is 19.7 Å². The van der Waals surface area contributed by atoms with E-state index in [-0.39, 0.29) is 33.4 Å². The van der Waals surface area contributed by atoms with Crippen LogP contribution in [0.1, 0.15) is 67.4 Å². The fourth-order valence-electron chi connectivity index (χ4n) is 9.92. The molecule has 3 aliphatic heterocycles. The maximum Gasteiger partial charge on any atom is 0.416 e. The quantitative estimate of drug-likeness (QED) is 0.0707. The largest absolute Gasteiger partial charge is 0.455 e. The number of anilines is 2. The smallest absolute Gasteiger partial charge is 0.416 e. The van der Waals surface area contributed by atoms with Gasteiger partial charge in [0, 0.05) is 105 Å². The first-order valence-electron chi connectivity index (χ1n) is 23.7. The van der Waals surface area contributed by atoms with Crippen molar-refractivity contribution in [1.29, 1.82) is 0 Å². The number of H-pyrrole nitrogens is 1. The molecule has 0 radical (unpaired) electrons.